The van der Waals surface area contributed by atoms with Gasteiger partial charge in [-0.05, 0) is 16.7 Å². The molecule has 0 unspecified atom stereocenters. The summed E-state index contributed by atoms with van der Waals surface area (Å²) in [6.45, 7) is 0. The minimum absolute atomic E-state index is 0.361. The molecule has 2 nitrogen and oxygen atoms in total. The molecule has 3 heteroatoms. The van der Waals surface area contributed by atoms with Crippen LogP contribution in [0.4, 0.5) is 0 Å². The molecule has 0 aliphatic rings. The summed E-state index contributed by atoms with van der Waals surface area (Å²) in [4.78, 5) is 0. The molecule has 0 fully saturated rings. The molecular formula is C19H15O2P. The smallest absolute Gasteiger partial charge is 0.273 e. The fourth-order valence-electron chi connectivity index (χ4n) is 2.73. The van der Waals surface area contributed by atoms with Crippen molar-refractivity contribution in [2.24, 2.45) is 0 Å². The molecule has 0 saturated carbocycles. The van der Waals surface area contributed by atoms with Crippen LogP contribution in [-0.4, -0.2) is 0 Å². The van der Waals surface area contributed by atoms with E-state index in [2.05, 4.69) is 0 Å². The van der Waals surface area contributed by atoms with E-state index in [1.165, 1.54) is 0 Å². The molecule has 3 rings (SSSR count). The van der Waals surface area contributed by atoms with Gasteiger partial charge in [0.25, 0.3) is 0 Å². The summed E-state index contributed by atoms with van der Waals surface area (Å²) >= 11 is 0. The van der Waals surface area contributed by atoms with E-state index in [1.54, 1.807) is 0 Å². The van der Waals surface area contributed by atoms with E-state index in [1.807, 2.05) is 91.0 Å². The summed E-state index contributed by atoms with van der Waals surface area (Å²) in [5, 5.41) is 0. The van der Waals surface area contributed by atoms with Gasteiger partial charge in [0.1, 0.15) is 0 Å². The van der Waals surface area contributed by atoms with Gasteiger partial charge in [-0.3, -0.25) is 4.52 Å². The minimum Gasteiger partial charge on any atom is -0.273 e. The average molecular weight is 306 g/mol. The van der Waals surface area contributed by atoms with E-state index in [9.17, 15) is 4.57 Å². The zero-order valence-corrected chi connectivity index (χ0v) is 12.8. The van der Waals surface area contributed by atoms with Crippen LogP contribution in [0.25, 0.3) is 0 Å². The highest BCUT2D eigenvalue weighted by Crippen LogP contribution is 2.42. The molecular weight excluding hydrogens is 291 g/mol. The third-order valence-corrected chi connectivity index (χ3v) is 4.06. The summed E-state index contributed by atoms with van der Waals surface area (Å²) in [6.07, 6.45) is 0. The second kappa shape index (κ2) is 6.65. The molecule has 3 aromatic carbocycles. The monoisotopic (exact) mass is 306 g/mol. The van der Waals surface area contributed by atoms with Crippen LogP contribution in [0.2, 0.25) is 0 Å². The second-order valence-electron chi connectivity index (χ2n) is 4.95. The van der Waals surface area contributed by atoms with Gasteiger partial charge < -0.3 is 0 Å². The molecule has 0 bridgehead atoms. The van der Waals surface area contributed by atoms with Crippen LogP contribution in [0.3, 0.4) is 0 Å². The first-order valence-corrected chi connectivity index (χ1v) is 7.78. The van der Waals surface area contributed by atoms with E-state index in [0.29, 0.717) is 0 Å². The minimum atomic E-state index is -0.896. The molecule has 3 aromatic rings. The Bertz CT molecular complexity index is 630. The number of hydrogen-bond donors (Lipinski definition) is 0. The zero-order chi connectivity index (χ0) is 15.3. The van der Waals surface area contributed by atoms with Gasteiger partial charge in [-0.1, -0.05) is 91.0 Å². The van der Waals surface area contributed by atoms with Crippen molar-refractivity contribution in [3.05, 3.63) is 108 Å². The number of benzene rings is 3. The summed E-state index contributed by atoms with van der Waals surface area (Å²) < 4.78 is 17.2. The van der Waals surface area contributed by atoms with Crippen molar-refractivity contribution in [1.29, 1.82) is 0 Å². The Labute approximate surface area is 131 Å². The van der Waals surface area contributed by atoms with Crippen molar-refractivity contribution in [2.45, 2.75) is 5.60 Å². The molecule has 108 valence electrons. The highest BCUT2D eigenvalue weighted by molar-refractivity contribution is 7.17. The van der Waals surface area contributed by atoms with Gasteiger partial charge in [0.05, 0.1) is 0 Å². The molecule has 22 heavy (non-hydrogen) atoms. The molecule has 0 heterocycles. The normalized spacial score (nSPS) is 11.5. The molecule has 0 saturated heterocycles. The van der Waals surface area contributed by atoms with Gasteiger partial charge in [-0.2, -0.15) is 0 Å². The molecule has 0 N–H and O–H groups in total. The van der Waals surface area contributed by atoms with Crippen molar-refractivity contribution < 1.29 is 9.09 Å². The SMILES string of the molecule is O=POC(c1ccccc1)(c1ccccc1)c1ccccc1. The van der Waals surface area contributed by atoms with Crippen LogP contribution in [0, 0.1) is 0 Å². The van der Waals surface area contributed by atoms with E-state index in [-0.39, 0.29) is 8.69 Å². The average Bonchev–Trinajstić information content (AvgIpc) is 2.62. The first kappa shape index (κ1) is 14.6. The fourth-order valence-corrected chi connectivity index (χ4v) is 3.16. The van der Waals surface area contributed by atoms with Gasteiger partial charge in [0.2, 0.25) is 0 Å². The van der Waals surface area contributed by atoms with Crippen LogP contribution in [0.1, 0.15) is 16.7 Å². The molecule has 0 amide bonds. The topological polar surface area (TPSA) is 26.3 Å². The third-order valence-electron chi connectivity index (χ3n) is 3.72. The molecule has 0 aliphatic heterocycles. The Morgan fingerprint density at radius 2 is 0.909 bits per heavy atom. The zero-order valence-electron chi connectivity index (χ0n) is 11.9. The van der Waals surface area contributed by atoms with Crippen LogP contribution in [-0.2, 0) is 14.7 Å². The number of rotatable bonds is 5. The summed E-state index contributed by atoms with van der Waals surface area (Å²) in [7, 11) is -0.361. The number of hydrogen-bond acceptors (Lipinski definition) is 2. The lowest BCUT2D eigenvalue weighted by Gasteiger charge is -2.32. The highest BCUT2D eigenvalue weighted by atomic mass is 31.1. The maximum absolute atomic E-state index is 11.4. The Kier molecular flexibility index (Phi) is 4.43. The molecule has 0 spiro atoms. The second-order valence-corrected chi connectivity index (χ2v) is 5.28. The summed E-state index contributed by atoms with van der Waals surface area (Å²) in [5.74, 6) is 0. The van der Waals surface area contributed by atoms with Gasteiger partial charge >= 0.3 is 8.69 Å². The first-order valence-electron chi connectivity index (χ1n) is 7.05. The van der Waals surface area contributed by atoms with Crippen molar-refractivity contribution in [3.63, 3.8) is 0 Å². The first-order chi connectivity index (χ1) is 10.9. The fraction of sp³-hybridized carbons (Fsp3) is 0.0526. The lowest BCUT2D eigenvalue weighted by atomic mass is 9.80. The Balaban J connectivity index is 2.31. The van der Waals surface area contributed by atoms with E-state index in [4.69, 9.17) is 4.52 Å². The predicted molar refractivity (Wildman–Crippen MR) is 87.9 cm³/mol. The van der Waals surface area contributed by atoms with Gasteiger partial charge in [0.15, 0.2) is 5.60 Å². The standard InChI is InChI=1S/C19H15O2P/c20-22-21-19(16-10-4-1-5-11-16,17-12-6-2-7-13-17)18-14-8-3-9-15-18/h1-15H. The maximum Gasteiger partial charge on any atom is 0.328 e. The Morgan fingerprint density at radius 3 is 1.18 bits per heavy atom. The van der Waals surface area contributed by atoms with Crippen molar-refractivity contribution >= 4 is 8.69 Å². The van der Waals surface area contributed by atoms with Crippen molar-refractivity contribution in [2.75, 3.05) is 0 Å². The molecule has 0 atom stereocenters. The van der Waals surface area contributed by atoms with Crippen LogP contribution < -0.4 is 0 Å². The lowest BCUT2D eigenvalue weighted by Crippen LogP contribution is -2.29. The maximum atomic E-state index is 11.4. The third kappa shape index (κ3) is 2.59. The quantitative estimate of drug-likeness (QED) is 0.478. The highest BCUT2D eigenvalue weighted by Gasteiger charge is 2.38. The van der Waals surface area contributed by atoms with E-state index >= 15 is 0 Å². The van der Waals surface area contributed by atoms with E-state index in [0.717, 1.165) is 16.7 Å². The summed E-state index contributed by atoms with van der Waals surface area (Å²) in [5.41, 5.74) is 1.93. The van der Waals surface area contributed by atoms with Gasteiger partial charge in [-0.15, -0.1) is 0 Å². The molecule has 0 aliphatic carbocycles. The Hall–Kier alpha value is -2.28. The summed E-state index contributed by atoms with van der Waals surface area (Å²) in [6, 6.07) is 29.6. The van der Waals surface area contributed by atoms with Gasteiger partial charge in [-0.25, -0.2) is 4.57 Å². The van der Waals surface area contributed by atoms with E-state index < -0.39 is 5.60 Å². The van der Waals surface area contributed by atoms with Crippen LogP contribution in [0.5, 0.6) is 0 Å². The van der Waals surface area contributed by atoms with Crippen molar-refractivity contribution in [1.82, 2.24) is 0 Å². The van der Waals surface area contributed by atoms with Crippen molar-refractivity contribution in [3.8, 4) is 0 Å². The molecule has 0 aromatic heterocycles. The van der Waals surface area contributed by atoms with Gasteiger partial charge in [0, 0.05) is 0 Å². The largest absolute Gasteiger partial charge is 0.328 e. The van der Waals surface area contributed by atoms with Crippen LogP contribution in [0.15, 0.2) is 91.0 Å². The lowest BCUT2D eigenvalue weighted by molar-refractivity contribution is 0.177. The molecule has 0 radical (unpaired) electrons. The van der Waals surface area contributed by atoms with Crippen LogP contribution >= 0.6 is 8.69 Å². The predicted octanol–water partition coefficient (Wildman–Crippen LogP) is 5.20. The Morgan fingerprint density at radius 1 is 0.591 bits per heavy atom.